The van der Waals surface area contributed by atoms with Crippen molar-refractivity contribution < 1.29 is 17.9 Å². The van der Waals surface area contributed by atoms with Crippen molar-refractivity contribution in [2.45, 2.75) is 37.2 Å². The van der Waals surface area contributed by atoms with Crippen molar-refractivity contribution >= 4 is 38.9 Å². The van der Waals surface area contributed by atoms with Crippen molar-refractivity contribution in [3.05, 3.63) is 51.2 Å². The highest BCUT2D eigenvalue weighted by Crippen LogP contribution is 2.28. The van der Waals surface area contributed by atoms with Gasteiger partial charge in [-0.2, -0.15) is 4.31 Å². The third-order valence-corrected chi connectivity index (χ3v) is 7.51. The van der Waals surface area contributed by atoms with E-state index in [9.17, 15) is 13.2 Å². The largest absolute Gasteiger partial charge is 0.456 e. The Balaban J connectivity index is 1.81. The number of hydrogen-bond acceptors (Lipinski definition) is 5. The molecule has 8 heteroatoms. The van der Waals surface area contributed by atoms with Gasteiger partial charge in [0.05, 0.1) is 10.6 Å². The number of nitrogens with zero attached hydrogens (tertiary/aromatic N) is 1. The van der Waals surface area contributed by atoms with Crippen molar-refractivity contribution in [3.63, 3.8) is 0 Å². The molecule has 0 unspecified atom stereocenters. The van der Waals surface area contributed by atoms with Crippen LogP contribution in [-0.2, 0) is 21.4 Å². The SMILES string of the molecule is O=C(OCc1cccs1)c1ccc(Cl)c(S(=O)(=O)N2CCCCCC2)c1. The highest BCUT2D eigenvalue weighted by atomic mass is 35.5. The molecule has 1 aromatic heterocycles. The van der Waals surface area contributed by atoms with Gasteiger partial charge in [0.15, 0.2) is 0 Å². The van der Waals surface area contributed by atoms with Gasteiger partial charge in [0, 0.05) is 18.0 Å². The first kappa shape index (κ1) is 19.4. The molecule has 1 aliphatic rings. The zero-order valence-corrected chi connectivity index (χ0v) is 16.6. The molecule has 0 amide bonds. The average Bonchev–Trinajstić information content (AvgIpc) is 2.99. The molecular formula is C18H20ClNO4S2. The molecule has 2 heterocycles. The second-order valence-corrected chi connectivity index (χ2v) is 9.46. The molecule has 1 aromatic carbocycles. The highest BCUT2D eigenvalue weighted by Gasteiger charge is 2.28. The lowest BCUT2D eigenvalue weighted by Crippen LogP contribution is -2.32. The van der Waals surface area contributed by atoms with E-state index in [4.69, 9.17) is 16.3 Å². The Labute approximate surface area is 162 Å². The van der Waals surface area contributed by atoms with Crippen molar-refractivity contribution in [2.24, 2.45) is 0 Å². The molecule has 0 saturated carbocycles. The van der Waals surface area contributed by atoms with E-state index in [0.717, 1.165) is 30.6 Å². The van der Waals surface area contributed by atoms with Gasteiger partial charge in [-0.25, -0.2) is 13.2 Å². The molecule has 0 radical (unpaired) electrons. The second kappa shape index (κ2) is 8.52. The van der Waals surface area contributed by atoms with E-state index in [1.165, 1.54) is 33.8 Å². The summed E-state index contributed by atoms with van der Waals surface area (Å²) in [6.07, 6.45) is 3.71. The van der Waals surface area contributed by atoms with Gasteiger partial charge in [0.25, 0.3) is 0 Å². The van der Waals surface area contributed by atoms with Gasteiger partial charge in [0.2, 0.25) is 10.0 Å². The lowest BCUT2D eigenvalue weighted by molar-refractivity contribution is 0.0476. The second-order valence-electron chi connectivity index (χ2n) is 6.12. The zero-order chi connectivity index (χ0) is 18.6. The van der Waals surface area contributed by atoms with Crippen molar-refractivity contribution in [1.82, 2.24) is 4.31 Å². The van der Waals surface area contributed by atoms with Crippen LogP contribution in [-0.4, -0.2) is 31.8 Å². The number of esters is 1. The van der Waals surface area contributed by atoms with E-state index >= 15 is 0 Å². The monoisotopic (exact) mass is 413 g/mol. The summed E-state index contributed by atoms with van der Waals surface area (Å²) in [6, 6.07) is 7.99. The number of thiophene rings is 1. The molecule has 5 nitrogen and oxygen atoms in total. The maximum Gasteiger partial charge on any atom is 0.338 e. The van der Waals surface area contributed by atoms with Crippen LogP contribution in [0.4, 0.5) is 0 Å². The summed E-state index contributed by atoms with van der Waals surface area (Å²) in [4.78, 5) is 13.2. The Morgan fingerprint density at radius 1 is 1.15 bits per heavy atom. The molecule has 3 rings (SSSR count). The molecule has 0 N–H and O–H groups in total. The van der Waals surface area contributed by atoms with E-state index < -0.39 is 16.0 Å². The van der Waals surface area contributed by atoms with E-state index in [0.29, 0.717) is 13.1 Å². The van der Waals surface area contributed by atoms with Gasteiger partial charge in [-0.3, -0.25) is 0 Å². The predicted molar refractivity (Wildman–Crippen MR) is 102 cm³/mol. The van der Waals surface area contributed by atoms with Crippen LogP contribution < -0.4 is 0 Å². The Morgan fingerprint density at radius 2 is 1.88 bits per heavy atom. The van der Waals surface area contributed by atoms with Crippen LogP contribution in [0.1, 0.15) is 40.9 Å². The molecule has 0 spiro atoms. The van der Waals surface area contributed by atoms with Gasteiger partial charge < -0.3 is 4.74 Å². The summed E-state index contributed by atoms with van der Waals surface area (Å²) in [7, 11) is -3.73. The standard InChI is InChI=1S/C18H20ClNO4S2/c19-16-8-7-14(18(21)24-13-15-6-5-11-25-15)12-17(16)26(22,23)20-9-3-1-2-4-10-20/h5-8,11-12H,1-4,9-10,13H2. The molecule has 0 bridgehead atoms. The Hall–Kier alpha value is -1.41. The van der Waals surface area contributed by atoms with Crippen molar-refractivity contribution in [2.75, 3.05) is 13.1 Å². The van der Waals surface area contributed by atoms with Gasteiger partial charge in [-0.05, 0) is 42.5 Å². The Morgan fingerprint density at radius 3 is 2.54 bits per heavy atom. The summed E-state index contributed by atoms with van der Waals surface area (Å²) in [5.41, 5.74) is 0.180. The molecule has 26 heavy (non-hydrogen) atoms. The summed E-state index contributed by atoms with van der Waals surface area (Å²) in [6.45, 7) is 1.12. The number of carbonyl (C=O) groups excluding carboxylic acids is 1. The van der Waals surface area contributed by atoms with Crippen LogP contribution in [0, 0.1) is 0 Å². The number of carbonyl (C=O) groups is 1. The highest BCUT2D eigenvalue weighted by molar-refractivity contribution is 7.89. The van der Waals surface area contributed by atoms with Crippen molar-refractivity contribution in [1.29, 1.82) is 0 Å². The van der Waals surface area contributed by atoms with Crippen LogP contribution in [0.3, 0.4) is 0 Å². The summed E-state index contributed by atoms with van der Waals surface area (Å²) in [5.74, 6) is -0.567. The van der Waals surface area contributed by atoms with Crippen LogP contribution >= 0.6 is 22.9 Å². The first-order valence-electron chi connectivity index (χ1n) is 8.48. The van der Waals surface area contributed by atoms with E-state index in [-0.39, 0.29) is 22.1 Å². The van der Waals surface area contributed by atoms with Crippen LogP contribution in [0.15, 0.2) is 40.6 Å². The van der Waals surface area contributed by atoms with E-state index in [1.807, 2.05) is 17.5 Å². The number of benzene rings is 1. The molecule has 1 fully saturated rings. The molecule has 0 aliphatic carbocycles. The lowest BCUT2D eigenvalue weighted by Gasteiger charge is -2.21. The minimum absolute atomic E-state index is 0.0355. The van der Waals surface area contributed by atoms with Gasteiger partial charge in [0.1, 0.15) is 11.5 Å². The first-order valence-corrected chi connectivity index (χ1v) is 11.2. The molecule has 1 aliphatic heterocycles. The van der Waals surface area contributed by atoms with Gasteiger partial charge in [-0.15, -0.1) is 11.3 Å². The minimum atomic E-state index is -3.73. The van der Waals surface area contributed by atoms with Gasteiger partial charge >= 0.3 is 5.97 Å². The summed E-state index contributed by atoms with van der Waals surface area (Å²) >= 11 is 7.64. The number of halogens is 1. The maximum absolute atomic E-state index is 13.0. The fourth-order valence-electron chi connectivity index (χ4n) is 2.86. The first-order chi connectivity index (χ1) is 12.5. The normalized spacial score (nSPS) is 16.2. The Bertz CT molecular complexity index is 857. The van der Waals surface area contributed by atoms with Crippen LogP contribution in [0.5, 0.6) is 0 Å². The number of rotatable bonds is 5. The van der Waals surface area contributed by atoms with E-state index in [2.05, 4.69) is 0 Å². The Kier molecular flexibility index (Phi) is 6.34. The fraction of sp³-hybridized carbons (Fsp3) is 0.389. The quantitative estimate of drug-likeness (QED) is 0.684. The summed E-state index contributed by atoms with van der Waals surface area (Å²) in [5, 5.41) is 2.01. The smallest absolute Gasteiger partial charge is 0.338 e. The molecule has 2 aromatic rings. The lowest BCUT2D eigenvalue weighted by atomic mass is 10.2. The third kappa shape index (κ3) is 4.46. The van der Waals surface area contributed by atoms with E-state index in [1.54, 1.807) is 0 Å². The maximum atomic E-state index is 13.0. The minimum Gasteiger partial charge on any atom is -0.456 e. The molecular weight excluding hydrogens is 394 g/mol. The van der Waals surface area contributed by atoms with Crippen molar-refractivity contribution in [3.8, 4) is 0 Å². The number of ether oxygens (including phenoxy) is 1. The summed E-state index contributed by atoms with van der Waals surface area (Å²) < 4.78 is 32.7. The van der Waals surface area contributed by atoms with Crippen LogP contribution in [0.2, 0.25) is 5.02 Å². The molecule has 0 atom stereocenters. The number of hydrogen-bond donors (Lipinski definition) is 0. The topological polar surface area (TPSA) is 63.7 Å². The third-order valence-electron chi connectivity index (χ3n) is 4.28. The average molecular weight is 414 g/mol. The predicted octanol–water partition coefficient (Wildman–Crippen LogP) is 4.32. The zero-order valence-electron chi connectivity index (χ0n) is 14.2. The number of sulfonamides is 1. The molecule has 1 saturated heterocycles. The fourth-order valence-corrected chi connectivity index (χ4v) is 5.50. The molecule has 140 valence electrons. The van der Waals surface area contributed by atoms with Gasteiger partial charge in [-0.1, -0.05) is 30.5 Å². The van der Waals surface area contributed by atoms with Crippen LogP contribution in [0.25, 0.3) is 0 Å².